The minimum atomic E-state index is -0.913. The third kappa shape index (κ3) is 3.41. The highest BCUT2D eigenvalue weighted by Gasteiger charge is 2.23. The lowest BCUT2D eigenvalue weighted by molar-refractivity contribution is 0.0977. The summed E-state index contributed by atoms with van der Waals surface area (Å²) in [6.07, 6.45) is 0. The summed E-state index contributed by atoms with van der Waals surface area (Å²) in [4.78, 5) is 16.8. The summed E-state index contributed by atoms with van der Waals surface area (Å²) in [6.45, 7) is 2.00. The number of Topliss-reactive ketones (excluding diaryl/α,β-unsaturated/α-hetero) is 1. The van der Waals surface area contributed by atoms with E-state index in [1.54, 1.807) is 36.4 Å². The van der Waals surface area contributed by atoms with E-state index in [0.29, 0.717) is 22.0 Å². The average Bonchev–Trinajstić information content (AvgIpc) is 2.52. The van der Waals surface area contributed by atoms with Crippen molar-refractivity contribution in [2.75, 3.05) is 11.5 Å². The van der Waals surface area contributed by atoms with Crippen LogP contribution in [0.4, 0.5) is 5.69 Å². The minimum Gasteiger partial charge on any atom is -0.397 e. The molecule has 0 amide bonds. The molecule has 1 aromatic heterocycles. The molecule has 2 N–H and O–H groups in total. The Kier molecular flexibility index (Phi) is 4.96. The van der Waals surface area contributed by atoms with Gasteiger partial charge in [-0.3, -0.25) is 4.79 Å². The zero-order chi connectivity index (χ0) is 15.2. The summed E-state index contributed by atoms with van der Waals surface area (Å²) in [6, 6.07) is 14.2. The van der Waals surface area contributed by atoms with Gasteiger partial charge in [-0.2, -0.15) is 5.26 Å². The van der Waals surface area contributed by atoms with Crippen LogP contribution in [0.3, 0.4) is 0 Å². The van der Waals surface area contributed by atoms with E-state index in [0.717, 1.165) is 5.75 Å². The highest BCUT2D eigenvalue weighted by molar-refractivity contribution is 7.99. The van der Waals surface area contributed by atoms with Crippen molar-refractivity contribution in [1.82, 2.24) is 4.98 Å². The summed E-state index contributed by atoms with van der Waals surface area (Å²) >= 11 is 1.49. The average molecular weight is 297 g/mol. The molecule has 0 bridgehead atoms. The maximum atomic E-state index is 12.4. The molecule has 5 heteroatoms. The van der Waals surface area contributed by atoms with Crippen molar-refractivity contribution in [2.24, 2.45) is 0 Å². The highest BCUT2D eigenvalue weighted by atomic mass is 32.2. The van der Waals surface area contributed by atoms with Crippen molar-refractivity contribution in [1.29, 1.82) is 5.26 Å². The Morgan fingerprint density at radius 1 is 1.33 bits per heavy atom. The first-order valence-electron chi connectivity index (χ1n) is 6.55. The largest absolute Gasteiger partial charge is 0.397 e. The summed E-state index contributed by atoms with van der Waals surface area (Å²) in [7, 11) is 0. The van der Waals surface area contributed by atoms with Crippen LogP contribution in [0.1, 0.15) is 28.9 Å². The number of carbonyl (C=O) groups is 1. The molecule has 0 aliphatic heterocycles. The predicted octanol–water partition coefficient (Wildman–Crippen LogP) is 3.27. The minimum absolute atomic E-state index is 0.247. The van der Waals surface area contributed by atoms with Gasteiger partial charge in [-0.1, -0.05) is 37.3 Å². The van der Waals surface area contributed by atoms with Gasteiger partial charge < -0.3 is 5.73 Å². The number of anilines is 1. The molecule has 21 heavy (non-hydrogen) atoms. The lowest BCUT2D eigenvalue weighted by Gasteiger charge is -2.10. The van der Waals surface area contributed by atoms with E-state index < -0.39 is 5.92 Å². The molecule has 2 rings (SSSR count). The standard InChI is InChI=1S/C16H15N3OS/c1-2-21-16-13(18)8-9-14(19-16)12(10-17)15(20)11-6-4-3-5-7-11/h3-9,12H,2,18H2,1H3. The predicted molar refractivity (Wildman–Crippen MR) is 84.2 cm³/mol. The first-order valence-corrected chi connectivity index (χ1v) is 7.54. The van der Waals surface area contributed by atoms with Gasteiger partial charge in [0.1, 0.15) is 5.03 Å². The van der Waals surface area contributed by atoms with Gasteiger partial charge in [0.05, 0.1) is 17.5 Å². The quantitative estimate of drug-likeness (QED) is 0.676. The number of pyridine rings is 1. The number of benzene rings is 1. The molecular weight excluding hydrogens is 282 g/mol. The first-order chi connectivity index (χ1) is 10.2. The van der Waals surface area contributed by atoms with Gasteiger partial charge in [-0.15, -0.1) is 11.8 Å². The summed E-state index contributed by atoms with van der Waals surface area (Å²) in [5.74, 6) is -0.336. The molecule has 0 aliphatic rings. The van der Waals surface area contributed by atoms with E-state index in [1.165, 1.54) is 11.8 Å². The molecule has 1 atom stereocenters. The zero-order valence-corrected chi connectivity index (χ0v) is 12.4. The number of carbonyl (C=O) groups excluding carboxylic acids is 1. The van der Waals surface area contributed by atoms with Crippen LogP contribution >= 0.6 is 11.8 Å². The second kappa shape index (κ2) is 6.91. The van der Waals surface area contributed by atoms with Crippen molar-refractivity contribution in [3.63, 3.8) is 0 Å². The van der Waals surface area contributed by atoms with Crippen LogP contribution in [-0.2, 0) is 0 Å². The van der Waals surface area contributed by atoms with E-state index in [1.807, 2.05) is 19.1 Å². The number of hydrogen-bond donors (Lipinski definition) is 1. The number of nitrogen functional groups attached to an aromatic ring is 1. The molecule has 1 heterocycles. The number of rotatable bonds is 5. The van der Waals surface area contributed by atoms with Gasteiger partial charge in [-0.05, 0) is 17.9 Å². The van der Waals surface area contributed by atoms with Crippen LogP contribution in [0.5, 0.6) is 0 Å². The number of hydrogen-bond acceptors (Lipinski definition) is 5. The molecule has 1 unspecified atom stereocenters. The van der Waals surface area contributed by atoms with Gasteiger partial charge in [0.2, 0.25) is 0 Å². The summed E-state index contributed by atoms with van der Waals surface area (Å²) < 4.78 is 0. The van der Waals surface area contributed by atoms with E-state index >= 15 is 0 Å². The first kappa shape index (κ1) is 15.1. The molecule has 106 valence electrons. The van der Waals surface area contributed by atoms with Crippen LogP contribution in [0.25, 0.3) is 0 Å². The molecule has 0 saturated heterocycles. The fourth-order valence-corrected chi connectivity index (χ4v) is 2.58. The van der Waals surface area contributed by atoms with Crippen LogP contribution in [-0.4, -0.2) is 16.5 Å². The Morgan fingerprint density at radius 2 is 2.05 bits per heavy atom. The SMILES string of the molecule is CCSc1nc(C(C#N)C(=O)c2ccccc2)ccc1N. The Balaban J connectivity index is 2.36. The van der Waals surface area contributed by atoms with Gasteiger partial charge in [0, 0.05) is 5.56 Å². The summed E-state index contributed by atoms with van der Waals surface area (Å²) in [5, 5.41) is 10.0. The Morgan fingerprint density at radius 3 is 2.67 bits per heavy atom. The number of nitriles is 1. The summed E-state index contributed by atoms with van der Waals surface area (Å²) in [5.41, 5.74) is 7.37. The van der Waals surface area contributed by atoms with Crippen molar-refractivity contribution >= 4 is 23.2 Å². The lowest BCUT2D eigenvalue weighted by Crippen LogP contribution is -2.13. The number of thioether (sulfide) groups is 1. The molecule has 0 spiro atoms. The second-order valence-corrected chi connectivity index (χ2v) is 5.61. The van der Waals surface area contributed by atoms with Crippen molar-refractivity contribution < 1.29 is 4.79 Å². The van der Waals surface area contributed by atoms with Gasteiger partial charge in [0.25, 0.3) is 0 Å². The van der Waals surface area contributed by atoms with Gasteiger partial charge >= 0.3 is 0 Å². The monoisotopic (exact) mass is 297 g/mol. The van der Waals surface area contributed by atoms with E-state index in [4.69, 9.17) is 5.73 Å². The fourth-order valence-electron chi connectivity index (χ4n) is 1.91. The number of nitrogens with two attached hydrogens (primary N) is 1. The third-order valence-corrected chi connectivity index (χ3v) is 3.83. The van der Waals surface area contributed by atoms with E-state index in [2.05, 4.69) is 4.98 Å². The van der Waals surface area contributed by atoms with Crippen molar-refractivity contribution in [3.05, 3.63) is 53.7 Å². The molecule has 0 fully saturated rings. The number of ketones is 1. The van der Waals surface area contributed by atoms with E-state index in [-0.39, 0.29) is 5.78 Å². The fraction of sp³-hybridized carbons (Fsp3) is 0.188. The molecule has 1 aromatic carbocycles. The Bertz CT molecular complexity index is 680. The number of nitrogens with zero attached hydrogens (tertiary/aromatic N) is 2. The van der Waals surface area contributed by atoms with Crippen molar-refractivity contribution in [3.8, 4) is 6.07 Å². The highest BCUT2D eigenvalue weighted by Crippen LogP contribution is 2.26. The topological polar surface area (TPSA) is 79.8 Å². The normalized spacial score (nSPS) is 11.6. The Labute approximate surface area is 128 Å². The second-order valence-electron chi connectivity index (χ2n) is 4.36. The van der Waals surface area contributed by atoms with Crippen molar-refractivity contribution in [2.45, 2.75) is 17.9 Å². The van der Waals surface area contributed by atoms with Crippen LogP contribution in [0, 0.1) is 11.3 Å². The number of aromatic nitrogens is 1. The van der Waals surface area contributed by atoms with Gasteiger partial charge in [-0.25, -0.2) is 4.98 Å². The van der Waals surface area contributed by atoms with Crippen LogP contribution in [0.2, 0.25) is 0 Å². The smallest absolute Gasteiger partial charge is 0.186 e. The molecular formula is C16H15N3OS. The van der Waals surface area contributed by atoms with Gasteiger partial charge in [0.15, 0.2) is 11.7 Å². The molecule has 0 aliphatic carbocycles. The van der Waals surface area contributed by atoms with Crippen LogP contribution in [0.15, 0.2) is 47.5 Å². The van der Waals surface area contributed by atoms with Crippen LogP contribution < -0.4 is 5.73 Å². The zero-order valence-electron chi connectivity index (χ0n) is 11.6. The van der Waals surface area contributed by atoms with E-state index in [9.17, 15) is 10.1 Å². The Hall–Kier alpha value is -2.32. The third-order valence-electron chi connectivity index (χ3n) is 2.94. The molecule has 4 nitrogen and oxygen atoms in total. The maximum absolute atomic E-state index is 12.4. The molecule has 0 saturated carbocycles. The maximum Gasteiger partial charge on any atom is 0.186 e. The molecule has 2 aromatic rings. The molecule has 0 radical (unpaired) electrons. The lowest BCUT2D eigenvalue weighted by atomic mass is 9.95.